The normalized spacial score (nSPS) is 18.8. The van der Waals surface area contributed by atoms with Crippen LogP contribution in [0.4, 0.5) is 15.8 Å². The van der Waals surface area contributed by atoms with E-state index in [0.29, 0.717) is 0 Å². The Hall–Kier alpha value is -3.37. The highest BCUT2D eigenvalue weighted by atomic mass is 32.2. The number of carbonyl (C=O) groups is 1. The lowest BCUT2D eigenvalue weighted by molar-refractivity contribution is 0.0953. The van der Waals surface area contributed by atoms with Gasteiger partial charge in [-0.05, 0) is 56.9 Å². The minimum absolute atomic E-state index is 0.0166. The Morgan fingerprint density at radius 3 is 2.74 bits per heavy atom. The fourth-order valence-corrected chi connectivity index (χ4v) is 4.90. The minimum atomic E-state index is -3.95. The Bertz CT molecular complexity index is 1350. The number of allylic oxidation sites excluding steroid dienone is 4. The van der Waals surface area contributed by atoms with Crippen LogP contribution in [0.3, 0.4) is 0 Å². The van der Waals surface area contributed by atoms with Crippen LogP contribution in [0, 0.1) is 11.7 Å². The summed E-state index contributed by atoms with van der Waals surface area (Å²) in [6.45, 7) is 5.93. The average Bonchev–Trinajstić information content (AvgIpc) is 2.94. The summed E-state index contributed by atoms with van der Waals surface area (Å²) in [6, 6.07) is 6.10. The molecule has 2 aromatic rings. The molecule has 38 heavy (non-hydrogen) atoms. The van der Waals surface area contributed by atoms with E-state index in [9.17, 15) is 13.2 Å². The minimum Gasteiger partial charge on any atom is -0.387 e. The lowest BCUT2D eigenvalue weighted by Gasteiger charge is -2.18. The number of aliphatic imine (C=N–C) groups is 1. The van der Waals surface area contributed by atoms with Gasteiger partial charge in [-0.15, -0.1) is 0 Å². The van der Waals surface area contributed by atoms with E-state index in [1.54, 1.807) is 25.5 Å². The molecule has 2 unspecified atom stereocenters. The summed E-state index contributed by atoms with van der Waals surface area (Å²) in [4.78, 5) is 22.5. The van der Waals surface area contributed by atoms with E-state index in [1.165, 1.54) is 30.8 Å². The second-order valence-electron chi connectivity index (χ2n) is 9.44. The smallest absolute Gasteiger partial charge is 0.301 e. The van der Waals surface area contributed by atoms with E-state index in [4.69, 9.17) is 0 Å². The maximum absolute atomic E-state index is 15.5. The van der Waals surface area contributed by atoms with Gasteiger partial charge in [0.05, 0.1) is 22.9 Å². The average molecular weight is 542 g/mol. The molecular weight excluding hydrogens is 505 g/mol. The monoisotopic (exact) mass is 541 g/mol. The van der Waals surface area contributed by atoms with Gasteiger partial charge in [0.25, 0.3) is 0 Å². The lowest BCUT2D eigenvalue weighted by Crippen LogP contribution is -2.32. The molecule has 0 amide bonds. The van der Waals surface area contributed by atoms with Crippen molar-refractivity contribution in [3.63, 3.8) is 0 Å². The molecule has 0 aliphatic carbocycles. The van der Waals surface area contributed by atoms with Crippen molar-refractivity contribution in [3.05, 3.63) is 71.3 Å². The van der Waals surface area contributed by atoms with E-state index in [-0.39, 0.29) is 30.3 Å². The predicted molar refractivity (Wildman–Crippen MR) is 152 cm³/mol. The summed E-state index contributed by atoms with van der Waals surface area (Å²) in [5.74, 6) is -2.12. The Kier molecular flexibility index (Phi) is 9.93. The molecule has 10 heteroatoms. The molecule has 0 spiro atoms. The van der Waals surface area contributed by atoms with Gasteiger partial charge in [0.1, 0.15) is 0 Å². The fraction of sp³-hybridized carbons (Fsp3) is 0.393. The van der Waals surface area contributed by atoms with E-state index in [1.807, 2.05) is 26.1 Å². The number of rotatable bonds is 8. The fourth-order valence-electron chi connectivity index (χ4n) is 3.97. The highest BCUT2D eigenvalue weighted by Crippen LogP contribution is 2.27. The summed E-state index contributed by atoms with van der Waals surface area (Å²) in [6.07, 6.45) is 11.1. The third kappa shape index (κ3) is 7.35. The second-order valence-corrected chi connectivity index (χ2v) is 11.2. The Morgan fingerprint density at radius 1 is 1.26 bits per heavy atom. The van der Waals surface area contributed by atoms with E-state index in [2.05, 4.69) is 33.0 Å². The van der Waals surface area contributed by atoms with Gasteiger partial charge in [-0.25, -0.2) is 4.39 Å². The number of aromatic nitrogens is 1. The maximum atomic E-state index is 15.5. The first-order valence-corrected chi connectivity index (χ1v) is 14.1. The molecule has 0 radical (unpaired) electrons. The third-order valence-electron chi connectivity index (χ3n) is 6.53. The number of hydrogen-bond acceptors (Lipinski definition) is 6. The molecule has 2 N–H and O–H groups in total. The molecule has 1 aliphatic heterocycles. The zero-order valence-corrected chi connectivity index (χ0v) is 23.3. The van der Waals surface area contributed by atoms with Crippen molar-refractivity contribution in [1.82, 2.24) is 9.29 Å². The van der Waals surface area contributed by atoms with Crippen molar-refractivity contribution in [2.45, 2.75) is 46.1 Å². The quantitative estimate of drug-likeness (QED) is 0.439. The Balaban J connectivity index is 2.00. The van der Waals surface area contributed by atoms with Crippen molar-refractivity contribution in [2.24, 2.45) is 10.9 Å². The number of benzene rings is 1. The van der Waals surface area contributed by atoms with E-state index < -0.39 is 27.7 Å². The Labute approximate surface area is 225 Å². The van der Waals surface area contributed by atoms with Gasteiger partial charge in [-0.1, -0.05) is 30.7 Å². The molecule has 0 fully saturated rings. The van der Waals surface area contributed by atoms with Crippen LogP contribution >= 0.6 is 0 Å². The van der Waals surface area contributed by atoms with Gasteiger partial charge < -0.3 is 5.32 Å². The van der Waals surface area contributed by atoms with Gasteiger partial charge in [-0.3, -0.25) is 19.5 Å². The van der Waals surface area contributed by atoms with Gasteiger partial charge >= 0.3 is 10.2 Å². The van der Waals surface area contributed by atoms with Crippen molar-refractivity contribution in [1.29, 1.82) is 0 Å². The summed E-state index contributed by atoms with van der Waals surface area (Å²) in [5.41, 5.74) is 3.39. The topological polar surface area (TPSA) is 104 Å². The third-order valence-corrected chi connectivity index (χ3v) is 8.08. The molecule has 0 bridgehead atoms. The number of hydrogen-bond donors (Lipinski definition) is 2. The van der Waals surface area contributed by atoms with Crippen molar-refractivity contribution < 1.29 is 17.6 Å². The molecule has 1 aromatic heterocycles. The summed E-state index contributed by atoms with van der Waals surface area (Å²) in [7, 11) is -0.745. The first-order chi connectivity index (χ1) is 18.1. The van der Waals surface area contributed by atoms with Gasteiger partial charge in [0.2, 0.25) is 0 Å². The lowest BCUT2D eigenvalue weighted by atomic mass is 9.92. The van der Waals surface area contributed by atoms with Crippen LogP contribution in [0.2, 0.25) is 0 Å². The SMILES string of the molecule is CCN(C)S(=O)(=O)Nc1cccc(C(=O)C2C=NC(C)CCC(C)=CC(c3cncc(NC)c3)=CC2)c1F. The number of nitrogens with zero attached hydrogens (tertiary/aromatic N) is 3. The molecular formula is C28H36FN5O3S. The van der Waals surface area contributed by atoms with Crippen LogP contribution in [0.25, 0.3) is 5.57 Å². The summed E-state index contributed by atoms with van der Waals surface area (Å²) < 4.78 is 43.7. The number of halogens is 1. The molecule has 0 saturated heterocycles. The number of anilines is 2. The zero-order valence-electron chi connectivity index (χ0n) is 22.5. The number of Topliss-reactive ketones (excluding diaryl/α,β-unsaturated/α-hetero) is 1. The molecule has 1 aliphatic rings. The Morgan fingerprint density at radius 2 is 2.03 bits per heavy atom. The first kappa shape index (κ1) is 29.2. The maximum Gasteiger partial charge on any atom is 0.301 e. The standard InChI is InChI=1S/C28H36FN5O3S/c1-6-34(5)38(36,37)33-26-9-7-8-25(27(26)29)28(35)22-13-12-21(23-15-24(30-4)18-31-16-23)14-19(2)10-11-20(3)32-17-22/h7-9,12,14-18,20,22,30,33H,6,10-11,13H2,1-5H3. The van der Waals surface area contributed by atoms with Crippen molar-refractivity contribution in [2.75, 3.05) is 30.7 Å². The van der Waals surface area contributed by atoms with Gasteiger partial charge in [0.15, 0.2) is 11.6 Å². The van der Waals surface area contributed by atoms with Crippen molar-refractivity contribution >= 4 is 39.2 Å². The first-order valence-electron chi connectivity index (χ1n) is 12.7. The summed E-state index contributed by atoms with van der Waals surface area (Å²) >= 11 is 0. The van der Waals surface area contributed by atoms with Crippen LogP contribution in [-0.2, 0) is 10.2 Å². The molecule has 0 saturated carbocycles. The molecule has 1 aromatic carbocycles. The van der Waals surface area contributed by atoms with Gasteiger partial charge in [-0.2, -0.15) is 12.7 Å². The van der Waals surface area contributed by atoms with Crippen LogP contribution < -0.4 is 10.0 Å². The largest absolute Gasteiger partial charge is 0.387 e. The van der Waals surface area contributed by atoms with Crippen molar-refractivity contribution in [3.8, 4) is 0 Å². The van der Waals surface area contributed by atoms with Crippen LogP contribution in [0.15, 0.2) is 59.4 Å². The van der Waals surface area contributed by atoms with Crippen LogP contribution in [-0.4, -0.2) is 56.4 Å². The molecule has 8 nitrogen and oxygen atoms in total. The highest BCUT2D eigenvalue weighted by molar-refractivity contribution is 7.90. The number of nitrogens with one attached hydrogen (secondary N) is 2. The second kappa shape index (κ2) is 12.9. The molecule has 2 heterocycles. The van der Waals surface area contributed by atoms with Crippen LogP contribution in [0.5, 0.6) is 0 Å². The number of carbonyl (C=O) groups excluding carboxylic acids is 1. The predicted octanol–water partition coefficient (Wildman–Crippen LogP) is 5.34. The molecule has 3 rings (SSSR count). The number of pyridine rings is 1. The van der Waals surface area contributed by atoms with Crippen LogP contribution in [0.1, 0.15) is 56.0 Å². The van der Waals surface area contributed by atoms with Gasteiger partial charge in [0, 0.05) is 50.9 Å². The van der Waals surface area contributed by atoms with E-state index in [0.717, 1.165) is 34.0 Å². The zero-order chi connectivity index (χ0) is 27.9. The number of ketones is 1. The summed E-state index contributed by atoms with van der Waals surface area (Å²) in [5, 5.41) is 3.09. The highest BCUT2D eigenvalue weighted by Gasteiger charge is 2.25. The van der Waals surface area contributed by atoms with E-state index >= 15 is 4.39 Å². The molecule has 2 atom stereocenters. The molecule has 204 valence electrons.